The highest BCUT2D eigenvalue weighted by atomic mass is 79.9. The molecule has 28 heavy (non-hydrogen) atoms. The predicted molar refractivity (Wildman–Crippen MR) is 113 cm³/mol. The van der Waals surface area contributed by atoms with Crippen LogP contribution in [0.1, 0.15) is 15.9 Å². The van der Waals surface area contributed by atoms with Crippen LogP contribution in [0, 0.1) is 6.92 Å². The van der Waals surface area contributed by atoms with Crippen LogP contribution < -0.4 is 15.6 Å². The van der Waals surface area contributed by atoms with Crippen molar-refractivity contribution in [2.45, 2.75) is 11.8 Å². The minimum absolute atomic E-state index is 0.0691. The number of halogens is 1. The Labute approximate surface area is 172 Å². The fraction of sp³-hybridized carbons (Fsp3) is 0.0500. The molecule has 0 saturated heterocycles. The van der Waals surface area contributed by atoms with E-state index in [9.17, 15) is 13.2 Å². The van der Waals surface area contributed by atoms with Crippen molar-refractivity contribution in [1.82, 2.24) is 10.3 Å². The van der Waals surface area contributed by atoms with E-state index >= 15 is 0 Å². The largest absolute Gasteiger partial charge is 0.355 e. The molecule has 3 rings (SSSR count). The molecule has 0 heterocycles. The molecule has 0 aliphatic rings. The van der Waals surface area contributed by atoms with Crippen LogP contribution in [0.25, 0.3) is 0 Å². The van der Waals surface area contributed by atoms with E-state index < -0.39 is 15.9 Å². The molecule has 0 spiro atoms. The van der Waals surface area contributed by atoms with Gasteiger partial charge in [-0.15, -0.1) is 4.83 Å². The van der Waals surface area contributed by atoms with Crippen molar-refractivity contribution in [2.75, 3.05) is 5.32 Å². The van der Waals surface area contributed by atoms with E-state index in [-0.39, 0.29) is 4.90 Å². The predicted octanol–water partition coefficient (Wildman–Crippen LogP) is 4.12. The minimum Gasteiger partial charge on any atom is -0.355 e. The molecule has 3 N–H and O–H groups in total. The Kier molecular flexibility index (Phi) is 6.13. The van der Waals surface area contributed by atoms with Gasteiger partial charge in [0.2, 0.25) is 0 Å². The maximum Gasteiger partial charge on any atom is 0.268 e. The van der Waals surface area contributed by atoms with E-state index in [1.54, 1.807) is 36.4 Å². The lowest BCUT2D eigenvalue weighted by Gasteiger charge is -2.13. The Bertz CT molecular complexity index is 1080. The van der Waals surface area contributed by atoms with Gasteiger partial charge in [-0.1, -0.05) is 45.8 Å². The third-order valence-corrected chi connectivity index (χ3v) is 5.72. The zero-order valence-electron chi connectivity index (χ0n) is 14.9. The molecule has 0 aromatic heterocycles. The average molecular weight is 460 g/mol. The Balaban J connectivity index is 1.74. The zero-order valence-corrected chi connectivity index (χ0v) is 17.3. The summed E-state index contributed by atoms with van der Waals surface area (Å²) in [5, 5.41) is 3.16. The Hall–Kier alpha value is -2.68. The number of hydrogen-bond donors (Lipinski definition) is 3. The highest BCUT2D eigenvalue weighted by Crippen LogP contribution is 2.22. The summed E-state index contributed by atoms with van der Waals surface area (Å²) in [4.78, 5) is 14.8. The molecule has 0 fully saturated rings. The Morgan fingerprint density at radius 1 is 0.893 bits per heavy atom. The Morgan fingerprint density at radius 3 is 2.21 bits per heavy atom. The summed E-state index contributed by atoms with van der Waals surface area (Å²) in [6, 6.07) is 20.6. The van der Waals surface area contributed by atoms with Crippen LogP contribution >= 0.6 is 15.9 Å². The van der Waals surface area contributed by atoms with E-state index in [4.69, 9.17) is 0 Å². The molecule has 0 saturated carbocycles. The van der Waals surface area contributed by atoms with Gasteiger partial charge >= 0.3 is 0 Å². The summed E-state index contributed by atoms with van der Waals surface area (Å²) in [5.74, 6) is -0.573. The van der Waals surface area contributed by atoms with Crippen LogP contribution in [0.5, 0.6) is 0 Å². The maximum atomic E-state index is 12.6. The molecule has 6 nitrogen and oxygen atoms in total. The summed E-state index contributed by atoms with van der Waals surface area (Å²) < 4.78 is 25.6. The second-order valence-electron chi connectivity index (χ2n) is 6.05. The highest BCUT2D eigenvalue weighted by Gasteiger charge is 2.17. The molecule has 8 heteroatoms. The van der Waals surface area contributed by atoms with Crippen molar-refractivity contribution in [3.05, 3.63) is 88.4 Å². The van der Waals surface area contributed by atoms with Crippen molar-refractivity contribution in [3.63, 3.8) is 0 Å². The smallest absolute Gasteiger partial charge is 0.268 e. The van der Waals surface area contributed by atoms with Crippen LogP contribution in [-0.4, -0.2) is 14.3 Å². The quantitative estimate of drug-likeness (QED) is 0.483. The number of benzene rings is 3. The minimum atomic E-state index is -3.86. The number of amides is 1. The Morgan fingerprint density at radius 2 is 1.54 bits per heavy atom. The van der Waals surface area contributed by atoms with Gasteiger partial charge in [-0.05, 0) is 55.5 Å². The number of carbonyl (C=O) groups is 1. The van der Waals surface area contributed by atoms with Crippen LogP contribution in [0.15, 0.2) is 82.2 Å². The molecule has 1 amide bonds. The number of sulfonamides is 1. The van der Waals surface area contributed by atoms with Gasteiger partial charge in [-0.3, -0.25) is 10.2 Å². The summed E-state index contributed by atoms with van der Waals surface area (Å²) >= 11 is 3.37. The van der Waals surface area contributed by atoms with Crippen molar-refractivity contribution in [3.8, 4) is 0 Å². The first-order valence-electron chi connectivity index (χ1n) is 8.35. The lowest BCUT2D eigenvalue weighted by atomic mass is 10.1. The monoisotopic (exact) mass is 459 g/mol. The van der Waals surface area contributed by atoms with E-state index in [1.165, 1.54) is 12.1 Å². The molecule has 3 aromatic carbocycles. The fourth-order valence-electron chi connectivity index (χ4n) is 2.44. The van der Waals surface area contributed by atoms with Crippen molar-refractivity contribution >= 4 is 43.2 Å². The van der Waals surface area contributed by atoms with Crippen molar-refractivity contribution < 1.29 is 13.2 Å². The van der Waals surface area contributed by atoms with Crippen molar-refractivity contribution in [1.29, 1.82) is 0 Å². The van der Waals surface area contributed by atoms with Crippen LogP contribution in [-0.2, 0) is 10.0 Å². The second-order valence-corrected chi connectivity index (χ2v) is 8.65. The van der Waals surface area contributed by atoms with Gasteiger partial charge in [0.05, 0.1) is 16.1 Å². The molecule has 0 aliphatic heterocycles. The van der Waals surface area contributed by atoms with Gasteiger partial charge < -0.3 is 5.32 Å². The number of hydrogen-bond acceptors (Lipinski definition) is 4. The van der Waals surface area contributed by atoms with E-state index in [1.807, 2.05) is 31.2 Å². The molecule has 0 radical (unpaired) electrons. The van der Waals surface area contributed by atoms with Gasteiger partial charge in [0, 0.05) is 10.2 Å². The molecular formula is C20H18BrN3O3S. The number of anilines is 2. The number of nitrogens with one attached hydrogen (secondary N) is 3. The number of para-hydroxylation sites is 1. The summed E-state index contributed by atoms with van der Waals surface area (Å²) in [6.45, 7) is 1.86. The average Bonchev–Trinajstić information content (AvgIpc) is 2.69. The SMILES string of the molecule is Cc1ccc(S(=O)(=O)NNC(=O)c2ccccc2Nc2ccc(Br)cc2)cc1. The van der Waals surface area contributed by atoms with E-state index in [2.05, 4.69) is 31.5 Å². The number of carbonyl (C=O) groups excluding carboxylic acids is 1. The summed E-state index contributed by atoms with van der Waals surface area (Å²) in [7, 11) is -3.86. The lowest BCUT2D eigenvalue weighted by Crippen LogP contribution is -2.41. The molecule has 0 unspecified atom stereocenters. The fourth-order valence-corrected chi connectivity index (χ4v) is 3.54. The zero-order chi connectivity index (χ0) is 20.1. The van der Waals surface area contributed by atoms with Crippen molar-refractivity contribution in [2.24, 2.45) is 0 Å². The topological polar surface area (TPSA) is 87.3 Å². The molecule has 3 aromatic rings. The second kappa shape index (κ2) is 8.55. The van der Waals surface area contributed by atoms with Gasteiger partial charge in [-0.25, -0.2) is 8.42 Å². The molecule has 0 aliphatic carbocycles. The number of aryl methyl sites for hydroxylation is 1. The first kappa shape index (κ1) is 20.1. The van der Waals surface area contributed by atoms with Gasteiger partial charge in [-0.2, -0.15) is 0 Å². The number of hydrazine groups is 1. The maximum absolute atomic E-state index is 12.6. The standard InChI is InChI=1S/C20H18BrN3O3S/c1-14-6-12-17(13-7-14)28(26,27)24-23-20(25)18-4-2-3-5-19(18)22-16-10-8-15(21)9-11-16/h2-13,22,24H,1H3,(H,23,25). The highest BCUT2D eigenvalue weighted by molar-refractivity contribution is 9.10. The van der Waals surface area contributed by atoms with E-state index in [0.29, 0.717) is 11.3 Å². The first-order valence-corrected chi connectivity index (χ1v) is 10.6. The lowest BCUT2D eigenvalue weighted by molar-refractivity contribution is 0.0946. The van der Waals surface area contributed by atoms with Crippen LogP contribution in [0.3, 0.4) is 0 Å². The third kappa shape index (κ3) is 4.98. The van der Waals surface area contributed by atoms with Crippen LogP contribution in [0.2, 0.25) is 0 Å². The van der Waals surface area contributed by atoms with Gasteiger partial charge in [0.15, 0.2) is 0 Å². The normalized spacial score (nSPS) is 11.1. The first-order chi connectivity index (χ1) is 13.3. The van der Waals surface area contributed by atoms with E-state index in [0.717, 1.165) is 15.7 Å². The summed E-state index contributed by atoms with van der Waals surface area (Å²) in [5.41, 5.74) is 4.85. The molecular weight excluding hydrogens is 442 g/mol. The number of rotatable bonds is 6. The summed E-state index contributed by atoms with van der Waals surface area (Å²) in [6.07, 6.45) is 0. The third-order valence-electron chi connectivity index (χ3n) is 3.93. The van der Waals surface area contributed by atoms with Gasteiger partial charge in [0.1, 0.15) is 0 Å². The molecule has 0 atom stereocenters. The molecule has 144 valence electrons. The molecule has 0 bridgehead atoms. The van der Waals surface area contributed by atoms with Gasteiger partial charge in [0.25, 0.3) is 15.9 Å². The van der Waals surface area contributed by atoms with Crippen LogP contribution in [0.4, 0.5) is 11.4 Å².